The largest absolute Gasteiger partial charge is 0.468 e. The average Bonchev–Trinajstić information content (AvgIpc) is 2.77. The normalized spacial score (nSPS) is 10.6. The van der Waals surface area contributed by atoms with Crippen LogP contribution in [-0.2, 0) is 9.53 Å². The predicted octanol–water partition coefficient (Wildman–Crippen LogP) is 1.19. The highest BCUT2D eigenvalue weighted by Crippen LogP contribution is 2.21. The number of carbonyl (C=O) groups is 1. The lowest BCUT2D eigenvalue weighted by Gasteiger charge is -2.07. The Morgan fingerprint density at radius 1 is 1.61 bits per heavy atom. The molecule has 0 unspecified atom stereocenters. The molecule has 0 aliphatic rings. The summed E-state index contributed by atoms with van der Waals surface area (Å²) < 4.78 is 6.84. The van der Waals surface area contributed by atoms with Gasteiger partial charge in [-0.25, -0.2) is 4.98 Å². The number of methoxy groups -OCH3 is 1. The molecule has 0 fully saturated rings. The minimum Gasteiger partial charge on any atom is -0.468 e. The van der Waals surface area contributed by atoms with Crippen LogP contribution in [-0.4, -0.2) is 45.5 Å². The van der Waals surface area contributed by atoms with E-state index < -0.39 is 0 Å². The number of esters is 1. The van der Waals surface area contributed by atoms with Crippen molar-refractivity contribution in [2.24, 2.45) is 0 Å². The van der Waals surface area contributed by atoms with Gasteiger partial charge in [0, 0.05) is 0 Å². The monoisotopic (exact) mass is 331 g/mol. The van der Waals surface area contributed by atoms with E-state index in [2.05, 4.69) is 41.1 Å². The van der Waals surface area contributed by atoms with Gasteiger partial charge >= 0.3 is 5.97 Å². The Morgan fingerprint density at radius 2 is 2.39 bits per heavy atom. The number of nitrogens with one attached hydrogen (secondary N) is 1. The molecule has 2 heterocycles. The van der Waals surface area contributed by atoms with Crippen LogP contribution in [0.4, 0.5) is 5.95 Å². The zero-order valence-corrected chi connectivity index (χ0v) is 12.1. The summed E-state index contributed by atoms with van der Waals surface area (Å²) in [6, 6.07) is 0. The highest BCUT2D eigenvalue weighted by Gasteiger charge is 2.12. The summed E-state index contributed by atoms with van der Waals surface area (Å²) in [6.07, 6.45) is 3.50. The van der Waals surface area contributed by atoms with Crippen molar-refractivity contribution in [1.82, 2.24) is 19.6 Å². The number of carbonyl (C=O) groups excluding carboxylic acids is 1. The van der Waals surface area contributed by atoms with Gasteiger partial charge in [-0.3, -0.25) is 4.79 Å². The van der Waals surface area contributed by atoms with Gasteiger partial charge in [0.2, 0.25) is 5.95 Å². The Morgan fingerprint density at radius 3 is 3.06 bits per heavy atom. The van der Waals surface area contributed by atoms with Gasteiger partial charge in [-0.1, -0.05) is 11.8 Å². The third-order valence-corrected chi connectivity index (χ3v) is 3.21. The van der Waals surface area contributed by atoms with E-state index in [4.69, 9.17) is 0 Å². The van der Waals surface area contributed by atoms with E-state index in [0.29, 0.717) is 16.8 Å². The van der Waals surface area contributed by atoms with Crippen LogP contribution in [0.15, 0.2) is 15.8 Å². The molecule has 0 radical (unpaired) electrons. The van der Waals surface area contributed by atoms with Gasteiger partial charge in [0.25, 0.3) is 0 Å². The highest BCUT2D eigenvalue weighted by molar-refractivity contribution is 9.10. The molecule has 0 aliphatic carbocycles. The molecule has 9 heteroatoms. The van der Waals surface area contributed by atoms with Gasteiger partial charge in [0.15, 0.2) is 10.8 Å². The molecule has 0 spiro atoms. The van der Waals surface area contributed by atoms with Crippen molar-refractivity contribution in [3.05, 3.63) is 10.7 Å². The van der Waals surface area contributed by atoms with Crippen molar-refractivity contribution >= 4 is 45.3 Å². The first-order valence-corrected chi connectivity index (χ1v) is 6.93. The first-order chi connectivity index (χ1) is 8.65. The second kappa shape index (κ2) is 5.53. The zero-order valence-electron chi connectivity index (χ0n) is 9.68. The van der Waals surface area contributed by atoms with Crippen molar-refractivity contribution in [1.29, 1.82) is 0 Å². The van der Waals surface area contributed by atoms with Crippen LogP contribution in [0.25, 0.3) is 5.65 Å². The number of fused-ring (bicyclic) bond motifs is 1. The van der Waals surface area contributed by atoms with Crippen molar-refractivity contribution in [2.75, 3.05) is 25.2 Å². The number of halogens is 1. The van der Waals surface area contributed by atoms with E-state index in [0.717, 1.165) is 4.47 Å². The topological polar surface area (TPSA) is 81.4 Å². The molecule has 0 aromatic carbocycles. The standard InChI is InChI=1S/C9H10BrN5O2S/c1-17-6(16)4-11-8-14-9(18-2)13-7-5(10)3-12-15(7)8/h3H,4H2,1-2H3,(H,11,13,14). The van der Waals surface area contributed by atoms with Gasteiger partial charge < -0.3 is 10.1 Å². The summed E-state index contributed by atoms with van der Waals surface area (Å²) in [6.45, 7) is 0.0217. The number of thioether (sulfide) groups is 1. The molecule has 96 valence electrons. The van der Waals surface area contributed by atoms with Gasteiger partial charge in [0.1, 0.15) is 6.54 Å². The summed E-state index contributed by atoms with van der Waals surface area (Å²) in [5.41, 5.74) is 0.640. The van der Waals surface area contributed by atoms with Crippen LogP contribution in [0.1, 0.15) is 0 Å². The summed E-state index contributed by atoms with van der Waals surface area (Å²) in [5.74, 6) is 0.0686. The lowest BCUT2D eigenvalue weighted by atomic mass is 10.6. The fourth-order valence-corrected chi connectivity index (χ4v) is 1.96. The second-order valence-corrected chi connectivity index (χ2v) is 4.82. The Bertz CT molecular complexity index is 588. The smallest absolute Gasteiger partial charge is 0.325 e. The molecule has 2 aromatic rings. The minimum atomic E-state index is -0.376. The van der Waals surface area contributed by atoms with Crippen molar-refractivity contribution in [2.45, 2.75) is 5.16 Å². The zero-order chi connectivity index (χ0) is 13.1. The molecular formula is C9H10BrN5O2S. The Hall–Kier alpha value is -1.35. The van der Waals surface area contributed by atoms with Crippen LogP contribution in [0, 0.1) is 0 Å². The van der Waals surface area contributed by atoms with Crippen molar-refractivity contribution in [3.63, 3.8) is 0 Å². The number of aromatic nitrogens is 4. The van der Waals surface area contributed by atoms with E-state index >= 15 is 0 Å². The van der Waals surface area contributed by atoms with Crippen molar-refractivity contribution < 1.29 is 9.53 Å². The molecule has 7 nitrogen and oxygen atoms in total. The summed E-state index contributed by atoms with van der Waals surface area (Å²) in [7, 11) is 1.33. The Kier molecular flexibility index (Phi) is 4.02. The number of hydrogen-bond acceptors (Lipinski definition) is 7. The molecule has 1 N–H and O–H groups in total. The van der Waals surface area contributed by atoms with Gasteiger partial charge in [-0.05, 0) is 22.2 Å². The van der Waals surface area contributed by atoms with Gasteiger partial charge in [-0.15, -0.1) is 0 Å². The number of ether oxygens (including phenoxy) is 1. The predicted molar refractivity (Wildman–Crippen MR) is 70.8 cm³/mol. The first kappa shape index (κ1) is 13.1. The van der Waals surface area contributed by atoms with Crippen LogP contribution in [0.2, 0.25) is 0 Å². The molecule has 0 saturated carbocycles. The Balaban J connectivity index is 2.38. The van der Waals surface area contributed by atoms with Crippen LogP contribution in [0.5, 0.6) is 0 Å². The molecule has 2 rings (SSSR count). The molecule has 0 amide bonds. The van der Waals surface area contributed by atoms with Crippen LogP contribution in [0.3, 0.4) is 0 Å². The average molecular weight is 332 g/mol. The van der Waals surface area contributed by atoms with Crippen molar-refractivity contribution in [3.8, 4) is 0 Å². The number of rotatable bonds is 4. The summed E-state index contributed by atoms with van der Waals surface area (Å²) >= 11 is 4.77. The quantitative estimate of drug-likeness (QED) is 0.665. The SMILES string of the molecule is COC(=O)CNc1nc(SC)nc2c(Br)cnn12. The molecule has 0 saturated heterocycles. The van der Waals surface area contributed by atoms with Gasteiger partial charge in [0.05, 0.1) is 17.8 Å². The van der Waals surface area contributed by atoms with E-state index in [9.17, 15) is 4.79 Å². The van der Waals surface area contributed by atoms with Crippen LogP contribution >= 0.6 is 27.7 Å². The first-order valence-electron chi connectivity index (χ1n) is 4.91. The minimum absolute atomic E-state index is 0.0217. The van der Waals surface area contributed by atoms with Gasteiger partial charge in [-0.2, -0.15) is 14.6 Å². The fraction of sp³-hybridized carbons (Fsp3) is 0.333. The number of anilines is 1. The lowest BCUT2D eigenvalue weighted by Crippen LogP contribution is -2.18. The third kappa shape index (κ3) is 2.56. The van der Waals surface area contributed by atoms with E-state index in [-0.39, 0.29) is 12.5 Å². The highest BCUT2D eigenvalue weighted by atomic mass is 79.9. The molecule has 0 aliphatic heterocycles. The molecule has 0 bridgehead atoms. The number of hydrogen-bond donors (Lipinski definition) is 1. The lowest BCUT2D eigenvalue weighted by molar-refractivity contribution is -0.138. The molecule has 2 aromatic heterocycles. The Labute approximate surface area is 115 Å². The van der Waals surface area contributed by atoms with E-state index in [1.165, 1.54) is 23.4 Å². The second-order valence-electron chi connectivity index (χ2n) is 3.19. The van der Waals surface area contributed by atoms with Crippen LogP contribution < -0.4 is 5.32 Å². The maximum Gasteiger partial charge on any atom is 0.325 e. The van der Waals surface area contributed by atoms with E-state index in [1.807, 2.05) is 6.26 Å². The summed E-state index contributed by atoms with van der Waals surface area (Å²) in [5, 5.41) is 7.58. The molecule has 18 heavy (non-hydrogen) atoms. The third-order valence-electron chi connectivity index (χ3n) is 2.11. The fourth-order valence-electron chi connectivity index (χ4n) is 1.26. The van der Waals surface area contributed by atoms with E-state index in [1.54, 1.807) is 6.20 Å². The maximum absolute atomic E-state index is 11.1. The maximum atomic E-state index is 11.1. The molecular weight excluding hydrogens is 322 g/mol. The number of nitrogens with zero attached hydrogens (tertiary/aromatic N) is 4. The summed E-state index contributed by atoms with van der Waals surface area (Å²) in [4.78, 5) is 19.7. The molecule has 0 atom stereocenters.